The van der Waals surface area contributed by atoms with Gasteiger partial charge in [-0.15, -0.1) is 0 Å². The number of hydrogen-bond acceptors (Lipinski definition) is 3. The Morgan fingerprint density at radius 1 is 1.23 bits per heavy atom. The van der Waals surface area contributed by atoms with Gasteiger partial charge in [-0.2, -0.15) is 0 Å². The summed E-state index contributed by atoms with van der Waals surface area (Å²) in [6.45, 7) is 0. The van der Waals surface area contributed by atoms with Crippen LogP contribution in [0.4, 0.5) is 5.69 Å². The van der Waals surface area contributed by atoms with E-state index in [9.17, 15) is 4.79 Å². The summed E-state index contributed by atoms with van der Waals surface area (Å²) < 4.78 is 0. The first-order valence-electron chi connectivity index (χ1n) is 3.96. The number of carbonyl (C=O) groups excluding carboxylic acids is 1. The second kappa shape index (κ2) is 2.33. The zero-order chi connectivity index (χ0) is 8.84. The Balaban J connectivity index is 2.28. The van der Waals surface area contributed by atoms with Gasteiger partial charge in [-0.25, -0.2) is 4.99 Å². The number of benzene rings is 1. The van der Waals surface area contributed by atoms with Gasteiger partial charge < -0.3 is 0 Å². The highest BCUT2D eigenvalue weighted by atomic mass is 32.2. The molecule has 2 aliphatic rings. The third-order valence-electron chi connectivity index (χ3n) is 2.11. The van der Waals surface area contributed by atoms with Gasteiger partial charge in [0.25, 0.3) is 0 Å². The van der Waals surface area contributed by atoms with E-state index in [-0.39, 0.29) is 5.12 Å². The second-order valence-electron chi connectivity index (χ2n) is 2.91. The van der Waals surface area contributed by atoms with Crippen LogP contribution in [0, 0.1) is 0 Å². The Morgan fingerprint density at radius 2 is 2.08 bits per heavy atom. The van der Waals surface area contributed by atoms with Crippen LogP contribution in [0.2, 0.25) is 0 Å². The van der Waals surface area contributed by atoms with Gasteiger partial charge in [-0.05, 0) is 17.8 Å². The first-order chi connectivity index (χ1) is 6.34. The highest BCUT2D eigenvalue weighted by Gasteiger charge is 2.28. The molecule has 0 saturated heterocycles. The molecule has 0 amide bonds. The molecule has 0 spiro atoms. The molecular weight excluding hydrogens is 182 g/mol. The summed E-state index contributed by atoms with van der Waals surface area (Å²) in [5, 5.41) is 0.939. The van der Waals surface area contributed by atoms with Gasteiger partial charge in [0.1, 0.15) is 5.04 Å². The lowest BCUT2D eigenvalue weighted by Gasteiger charge is -1.94. The number of hydrogen-bond donors (Lipinski definition) is 0. The van der Waals surface area contributed by atoms with Gasteiger partial charge in [0.05, 0.1) is 5.69 Å². The molecule has 0 aromatic heterocycles. The van der Waals surface area contributed by atoms with E-state index in [0.717, 1.165) is 21.9 Å². The molecule has 0 radical (unpaired) electrons. The molecule has 3 rings (SSSR count). The van der Waals surface area contributed by atoms with Crippen molar-refractivity contribution in [2.75, 3.05) is 0 Å². The first kappa shape index (κ1) is 7.09. The van der Waals surface area contributed by atoms with E-state index < -0.39 is 0 Å². The van der Waals surface area contributed by atoms with Crippen LogP contribution < -0.4 is 0 Å². The molecule has 62 valence electrons. The quantitative estimate of drug-likeness (QED) is 0.624. The lowest BCUT2D eigenvalue weighted by atomic mass is 10.1. The van der Waals surface area contributed by atoms with Crippen molar-refractivity contribution < 1.29 is 4.79 Å². The van der Waals surface area contributed by atoms with Crippen LogP contribution in [0.25, 0.3) is 5.57 Å². The van der Waals surface area contributed by atoms with Crippen LogP contribution in [-0.2, 0) is 4.79 Å². The van der Waals surface area contributed by atoms with E-state index in [4.69, 9.17) is 0 Å². The fourth-order valence-corrected chi connectivity index (χ4v) is 2.33. The number of carbonyl (C=O) groups is 1. The molecule has 0 atom stereocenters. The Kier molecular flexibility index (Phi) is 1.27. The molecule has 3 heteroatoms. The van der Waals surface area contributed by atoms with Crippen molar-refractivity contribution in [1.29, 1.82) is 0 Å². The van der Waals surface area contributed by atoms with Crippen molar-refractivity contribution in [3.8, 4) is 0 Å². The third kappa shape index (κ3) is 0.906. The summed E-state index contributed by atoms with van der Waals surface area (Å²) in [5.41, 5.74) is 3.05. The third-order valence-corrected chi connectivity index (χ3v) is 2.93. The molecule has 0 N–H and O–H groups in total. The summed E-state index contributed by atoms with van der Waals surface area (Å²) in [6.07, 6.45) is 1.66. The van der Waals surface area contributed by atoms with Crippen molar-refractivity contribution in [2.45, 2.75) is 0 Å². The number of para-hydroxylation sites is 1. The number of rotatable bonds is 0. The lowest BCUT2D eigenvalue weighted by Crippen LogP contribution is -1.82. The zero-order valence-corrected chi connectivity index (χ0v) is 7.47. The molecular formula is C10H5NOS. The predicted octanol–water partition coefficient (Wildman–Crippen LogP) is 2.39. The van der Waals surface area contributed by atoms with E-state index in [1.807, 2.05) is 24.3 Å². The summed E-state index contributed by atoms with van der Waals surface area (Å²) in [5.74, 6) is 0. The van der Waals surface area contributed by atoms with Crippen LogP contribution >= 0.6 is 11.8 Å². The number of aliphatic imine (C=N–C) groups is 1. The highest BCUT2D eigenvalue weighted by Crippen LogP contribution is 2.42. The van der Waals surface area contributed by atoms with Crippen LogP contribution in [0.5, 0.6) is 0 Å². The molecule has 2 heterocycles. The van der Waals surface area contributed by atoms with Crippen LogP contribution in [0.15, 0.2) is 35.3 Å². The smallest absolute Gasteiger partial charge is 0.219 e. The van der Waals surface area contributed by atoms with Crippen molar-refractivity contribution in [1.82, 2.24) is 0 Å². The average molecular weight is 187 g/mol. The summed E-state index contributed by atoms with van der Waals surface area (Å²) in [4.78, 5) is 15.4. The molecule has 13 heavy (non-hydrogen) atoms. The molecule has 0 unspecified atom stereocenters. The highest BCUT2D eigenvalue weighted by molar-refractivity contribution is 8.28. The monoisotopic (exact) mass is 187 g/mol. The predicted molar refractivity (Wildman–Crippen MR) is 54.1 cm³/mol. The second-order valence-corrected chi connectivity index (χ2v) is 3.91. The SMILES string of the molecule is O=C1C=C2C(=Nc3ccccc32)S1. The van der Waals surface area contributed by atoms with Crippen LogP contribution in [0.3, 0.4) is 0 Å². The van der Waals surface area contributed by atoms with E-state index in [1.54, 1.807) is 6.08 Å². The van der Waals surface area contributed by atoms with E-state index in [1.165, 1.54) is 11.8 Å². The summed E-state index contributed by atoms with van der Waals surface area (Å²) >= 11 is 1.21. The fourth-order valence-electron chi connectivity index (χ4n) is 1.54. The van der Waals surface area contributed by atoms with Crippen molar-refractivity contribution in [3.05, 3.63) is 35.9 Å². The van der Waals surface area contributed by atoms with Gasteiger partial charge in [0.2, 0.25) is 5.12 Å². The minimum atomic E-state index is 0.0863. The van der Waals surface area contributed by atoms with Crippen LogP contribution in [-0.4, -0.2) is 10.2 Å². The van der Waals surface area contributed by atoms with E-state index in [2.05, 4.69) is 4.99 Å². The topological polar surface area (TPSA) is 29.4 Å². The standard InChI is InChI=1S/C10H5NOS/c12-9-5-7-6-3-1-2-4-8(6)11-10(7)13-9/h1-5H. The van der Waals surface area contributed by atoms with Gasteiger partial charge >= 0.3 is 0 Å². The molecule has 0 bridgehead atoms. The zero-order valence-electron chi connectivity index (χ0n) is 6.65. The Hall–Kier alpha value is -1.35. The molecule has 0 saturated carbocycles. The molecule has 1 aromatic carbocycles. The normalized spacial score (nSPS) is 18.0. The van der Waals surface area contributed by atoms with Gasteiger partial charge in [0, 0.05) is 17.2 Å². The molecule has 2 nitrogen and oxygen atoms in total. The molecule has 0 aliphatic carbocycles. The Labute approximate surface area is 79.4 Å². The fraction of sp³-hybridized carbons (Fsp3) is 0. The molecule has 0 fully saturated rings. The maximum atomic E-state index is 11.1. The van der Waals surface area contributed by atoms with Crippen molar-refractivity contribution in [2.24, 2.45) is 4.99 Å². The molecule has 2 aliphatic heterocycles. The van der Waals surface area contributed by atoms with Gasteiger partial charge in [-0.3, -0.25) is 4.79 Å². The van der Waals surface area contributed by atoms with E-state index >= 15 is 0 Å². The Morgan fingerprint density at radius 3 is 3.00 bits per heavy atom. The minimum absolute atomic E-state index is 0.0863. The maximum Gasteiger partial charge on any atom is 0.219 e. The Bertz CT molecular complexity index is 474. The average Bonchev–Trinajstić information content (AvgIpc) is 2.60. The first-order valence-corrected chi connectivity index (χ1v) is 4.78. The lowest BCUT2D eigenvalue weighted by molar-refractivity contribution is -0.106. The minimum Gasteiger partial charge on any atom is -0.282 e. The van der Waals surface area contributed by atoms with Crippen LogP contribution in [0.1, 0.15) is 5.56 Å². The van der Waals surface area contributed by atoms with Crippen molar-refractivity contribution >= 4 is 33.2 Å². The van der Waals surface area contributed by atoms with Gasteiger partial charge in [-0.1, -0.05) is 18.2 Å². The largest absolute Gasteiger partial charge is 0.282 e. The van der Waals surface area contributed by atoms with E-state index in [0.29, 0.717) is 0 Å². The number of fused-ring (bicyclic) bond motifs is 3. The number of nitrogens with zero attached hydrogens (tertiary/aromatic N) is 1. The maximum absolute atomic E-state index is 11.1. The van der Waals surface area contributed by atoms with Gasteiger partial charge in [0.15, 0.2) is 0 Å². The number of thioether (sulfide) groups is 1. The molecule has 1 aromatic rings. The summed E-state index contributed by atoms with van der Waals surface area (Å²) in [7, 11) is 0. The van der Waals surface area contributed by atoms with Crippen molar-refractivity contribution in [3.63, 3.8) is 0 Å². The summed E-state index contributed by atoms with van der Waals surface area (Å²) in [6, 6.07) is 7.88.